The Morgan fingerprint density at radius 3 is 2.79 bits per heavy atom. The number of aromatic nitrogens is 1. The van der Waals surface area contributed by atoms with Crippen molar-refractivity contribution in [2.75, 3.05) is 5.73 Å². The molecular formula is C8H7F2N3O. The van der Waals surface area contributed by atoms with E-state index in [1.165, 1.54) is 0 Å². The highest BCUT2D eigenvalue weighted by atomic mass is 19.3. The van der Waals surface area contributed by atoms with Gasteiger partial charge in [0, 0.05) is 6.20 Å². The first kappa shape index (κ1) is 10.2. The molecule has 14 heavy (non-hydrogen) atoms. The maximum Gasteiger partial charge on any atom is 0.267 e. The van der Waals surface area contributed by atoms with E-state index in [0.717, 1.165) is 6.20 Å². The van der Waals surface area contributed by atoms with Gasteiger partial charge >= 0.3 is 0 Å². The van der Waals surface area contributed by atoms with Crippen molar-refractivity contribution in [3.8, 4) is 11.8 Å². The minimum atomic E-state index is -2.79. The second-order valence-electron chi connectivity index (χ2n) is 2.56. The Morgan fingerprint density at radius 2 is 2.29 bits per heavy atom. The van der Waals surface area contributed by atoms with Gasteiger partial charge in [-0.3, -0.25) is 4.98 Å². The summed E-state index contributed by atoms with van der Waals surface area (Å²) in [5, 5.41) is 17.6. The number of anilines is 1. The Morgan fingerprint density at radius 1 is 1.64 bits per heavy atom. The number of hydrogen-bond donors (Lipinski definition) is 2. The number of nitrogens with two attached hydrogens (primary N) is 1. The van der Waals surface area contributed by atoms with Gasteiger partial charge in [0.25, 0.3) is 6.43 Å². The van der Waals surface area contributed by atoms with E-state index in [4.69, 9.17) is 11.0 Å². The first-order valence-corrected chi connectivity index (χ1v) is 3.69. The van der Waals surface area contributed by atoms with Crippen LogP contribution in [0.1, 0.15) is 17.7 Å². The Hall–Kier alpha value is -1.90. The predicted molar refractivity (Wildman–Crippen MR) is 44.6 cm³/mol. The number of nitriles is 1. The molecule has 3 N–H and O–H groups in total. The third kappa shape index (κ3) is 1.71. The number of aromatic hydroxyl groups is 1. The molecule has 0 amide bonds. The second-order valence-corrected chi connectivity index (χ2v) is 2.56. The molecule has 1 heterocycles. The summed E-state index contributed by atoms with van der Waals surface area (Å²) in [7, 11) is 0. The van der Waals surface area contributed by atoms with Crippen LogP contribution in [0.25, 0.3) is 0 Å². The van der Waals surface area contributed by atoms with Crippen LogP contribution in [0.4, 0.5) is 14.5 Å². The number of nitrogen functional groups attached to an aromatic ring is 1. The van der Waals surface area contributed by atoms with E-state index in [9.17, 15) is 13.9 Å². The molecule has 0 bridgehead atoms. The lowest BCUT2D eigenvalue weighted by Crippen LogP contribution is -2.00. The fraction of sp³-hybridized carbons (Fsp3) is 0.250. The van der Waals surface area contributed by atoms with Gasteiger partial charge in [-0.2, -0.15) is 5.26 Å². The van der Waals surface area contributed by atoms with Crippen LogP contribution in [0.3, 0.4) is 0 Å². The van der Waals surface area contributed by atoms with Gasteiger partial charge in [0.15, 0.2) is 5.75 Å². The van der Waals surface area contributed by atoms with Crippen LogP contribution in [0.15, 0.2) is 6.20 Å². The first-order chi connectivity index (χ1) is 6.57. The Balaban J connectivity index is 3.20. The van der Waals surface area contributed by atoms with Gasteiger partial charge in [-0.05, 0) is 0 Å². The van der Waals surface area contributed by atoms with Gasteiger partial charge in [-0.15, -0.1) is 0 Å². The van der Waals surface area contributed by atoms with Crippen LogP contribution >= 0.6 is 0 Å². The van der Waals surface area contributed by atoms with Crippen molar-refractivity contribution in [3.63, 3.8) is 0 Å². The molecule has 74 valence electrons. The molecule has 0 fully saturated rings. The molecule has 0 saturated heterocycles. The van der Waals surface area contributed by atoms with Crippen molar-refractivity contribution < 1.29 is 13.9 Å². The van der Waals surface area contributed by atoms with Crippen molar-refractivity contribution in [1.82, 2.24) is 4.98 Å². The average molecular weight is 199 g/mol. The van der Waals surface area contributed by atoms with E-state index in [0.29, 0.717) is 0 Å². The minimum absolute atomic E-state index is 0.00870. The largest absolute Gasteiger partial charge is 0.504 e. The zero-order chi connectivity index (χ0) is 10.7. The SMILES string of the molecule is N#CCc1ncc(C(F)F)c(N)c1O. The van der Waals surface area contributed by atoms with E-state index in [1.54, 1.807) is 6.07 Å². The summed E-state index contributed by atoms with van der Waals surface area (Å²) in [6, 6.07) is 1.74. The van der Waals surface area contributed by atoms with Crippen LogP contribution < -0.4 is 5.73 Å². The quantitative estimate of drug-likeness (QED) is 0.753. The maximum absolute atomic E-state index is 12.2. The highest BCUT2D eigenvalue weighted by Crippen LogP contribution is 2.32. The van der Waals surface area contributed by atoms with Gasteiger partial charge in [0.05, 0.1) is 29.4 Å². The van der Waals surface area contributed by atoms with Crippen molar-refractivity contribution in [2.45, 2.75) is 12.8 Å². The molecule has 0 aliphatic carbocycles. The summed E-state index contributed by atoms with van der Waals surface area (Å²) >= 11 is 0. The Bertz CT molecular complexity index is 387. The fourth-order valence-electron chi connectivity index (χ4n) is 0.948. The molecule has 4 nitrogen and oxygen atoms in total. The van der Waals surface area contributed by atoms with Crippen LogP contribution in [-0.4, -0.2) is 10.1 Å². The van der Waals surface area contributed by atoms with E-state index >= 15 is 0 Å². The zero-order valence-electron chi connectivity index (χ0n) is 7.04. The van der Waals surface area contributed by atoms with Crippen LogP contribution in [0.2, 0.25) is 0 Å². The van der Waals surface area contributed by atoms with Gasteiger partial charge in [0.1, 0.15) is 0 Å². The lowest BCUT2D eigenvalue weighted by Gasteiger charge is -2.07. The monoisotopic (exact) mass is 199 g/mol. The van der Waals surface area contributed by atoms with Crippen LogP contribution in [0, 0.1) is 11.3 Å². The smallest absolute Gasteiger partial charge is 0.267 e. The minimum Gasteiger partial charge on any atom is -0.504 e. The summed E-state index contributed by atoms with van der Waals surface area (Å²) in [5.74, 6) is -0.538. The summed E-state index contributed by atoms with van der Waals surface area (Å²) in [6.07, 6.45) is -2.09. The van der Waals surface area contributed by atoms with E-state index in [1.807, 2.05) is 0 Å². The van der Waals surface area contributed by atoms with Crippen molar-refractivity contribution in [3.05, 3.63) is 17.5 Å². The highest BCUT2D eigenvalue weighted by molar-refractivity contribution is 5.59. The molecule has 0 spiro atoms. The summed E-state index contributed by atoms with van der Waals surface area (Å²) < 4.78 is 24.5. The number of hydrogen-bond acceptors (Lipinski definition) is 4. The van der Waals surface area contributed by atoms with Gasteiger partial charge in [-0.1, -0.05) is 0 Å². The normalized spacial score (nSPS) is 10.1. The second kappa shape index (κ2) is 3.87. The molecule has 6 heteroatoms. The lowest BCUT2D eigenvalue weighted by molar-refractivity contribution is 0.151. The Kier molecular flexibility index (Phi) is 2.82. The van der Waals surface area contributed by atoms with Gasteiger partial charge < -0.3 is 10.8 Å². The van der Waals surface area contributed by atoms with Crippen molar-refractivity contribution >= 4 is 5.69 Å². The fourth-order valence-corrected chi connectivity index (χ4v) is 0.948. The number of nitrogens with zero attached hydrogens (tertiary/aromatic N) is 2. The molecule has 1 aromatic rings. The number of pyridine rings is 1. The van der Waals surface area contributed by atoms with E-state index in [-0.39, 0.29) is 12.1 Å². The summed E-state index contributed by atoms with van der Waals surface area (Å²) in [5.41, 5.74) is 4.30. The molecule has 0 atom stereocenters. The highest BCUT2D eigenvalue weighted by Gasteiger charge is 2.17. The number of rotatable bonds is 2. The molecule has 0 saturated carbocycles. The molecular weight excluding hydrogens is 192 g/mol. The molecule has 0 aliphatic heterocycles. The van der Waals surface area contributed by atoms with E-state index < -0.39 is 23.4 Å². The van der Waals surface area contributed by atoms with Gasteiger partial charge in [-0.25, -0.2) is 8.78 Å². The first-order valence-electron chi connectivity index (χ1n) is 3.69. The van der Waals surface area contributed by atoms with Gasteiger partial charge in [0.2, 0.25) is 0 Å². The maximum atomic E-state index is 12.2. The predicted octanol–water partition coefficient (Wildman–Crippen LogP) is 1.37. The van der Waals surface area contributed by atoms with Crippen LogP contribution in [-0.2, 0) is 6.42 Å². The topological polar surface area (TPSA) is 82.9 Å². The zero-order valence-corrected chi connectivity index (χ0v) is 7.04. The molecule has 1 rings (SSSR count). The number of alkyl halides is 2. The average Bonchev–Trinajstić information content (AvgIpc) is 2.13. The summed E-state index contributed by atoms with van der Waals surface area (Å²) in [6.45, 7) is 0. The van der Waals surface area contributed by atoms with Crippen LogP contribution in [0.5, 0.6) is 5.75 Å². The summed E-state index contributed by atoms with van der Waals surface area (Å²) in [4.78, 5) is 3.52. The van der Waals surface area contributed by atoms with Crippen molar-refractivity contribution in [2.24, 2.45) is 0 Å². The van der Waals surface area contributed by atoms with E-state index in [2.05, 4.69) is 4.98 Å². The Labute approximate surface area is 78.6 Å². The molecule has 0 aromatic carbocycles. The standard InChI is InChI=1S/C8H7F2N3O/c9-8(10)4-3-13-5(1-2-11)7(14)6(4)12/h3,8,14H,1H2,(H2,12,13). The molecule has 0 radical (unpaired) electrons. The molecule has 0 unspecified atom stereocenters. The third-order valence-electron chi connectivity index (χ3n) is 1.68. The third-order valence-corrected chi connectivity index (χ3v) is 1.68. The van der Waals surface area contributed by atoms with Crippen molar-refractivity contribution in [1.29, 1.82) is 5.26 Å². The number of halogens is 2. The lowest BCUT2D eigenvalue weighted by atomic mass is 10.1. The molecule has 1 aromatic heterocycles. The molecule has 0 aliphatic rings.